The molecule has 2 amide bonds. The maximum absolute atomic E-state index is 13.4. The molecule has 1 saturated carbocycles. The lowest BCUT2D eigenvalue weighted by Crippen LogP contribution is -2.36. The number of aliphatic carboxylic acids is 1. The molecule has 2 aromatic rings. The maximum Gasteiger partial charge on any atom is 0.325 e. The second-order valence-electron chi connectivity index (χ2n) is 11.3. The molecule has 2 aliphatic heterocycles. The van der Waals surface area contributed by atoms with Crippen molar-refractivity contribution < 1.29 is 19.5 Å². The van der Waals surface area contributed by atoms with E-state index in [0.717, 1.165) is 57.3 Å². The van der Waals surface area contributed by atoms with Gasteiger partial charge in [-0.2, -0.15) is 5.10 Å². The number of hydrogen-bond acceptors (Lipinski definition) is 5. The Hall–Kier alpha value is -3.20. The van der Waals surface area contributed by atoms with Gasteiger partial charge in [0.15, 0.2) is 0 Å². The zero-order valence-electron chi connectivity index (χ0n) is 22.4. The highest BCUT2D eigenvalue weighted by Gasteiger charge is 2.42. The zero-order valence-corrected chi connectivity index (χ0v) is 22.4. The second kappa shape index (κ2) is 11.3. The van der Waals surface area contributed by atoms with Crippen LogP contribution in [0.3, 0.4) is 0 Å². The number of benzene rings is 1. The Bertz CT molecular complexity index is 1160. The molecule has 3 heterocycles. The van der Waals surface area contributed by atoms with Crippen LogP contribution in [-0.2, 0) is 16.1 Å². The van der Waals surface area contributed by atoms with Gasteiger partial charge < -0.3 is 20.2 Å². The van der Waals surface area contributed by atoms with E-state index in [1.54, 1.807) is 13.8 Å². The number of carbonyl (C=O) groups is 3. The van der Waals surface area contributed by atoms with E-state index >= 15 is 0 Å². The van der Waals surface area contributed by atoms with Gasteiger partial charge in [0.2, 0.25) is 5.91 Å². The van der Waals surface area contributed by atoms with Crippen LogP contribution in [0.1, 0.15) is 65.5 Å². The number of aryl methyl sites for hydroxylation is 1. The van der Waals surface area contributed by atoms with Gasteiger partial charge in [-0.3, -0.25) is 19.1 Å². The number of nitrogens with zero attached hydrogens (tertiary/aromatic N) is 4. The third kappa shape index (κ3) is 5.62. The summed E-state index contributed by atoms with van der Waals surface area (Å²) in [6.45, 7) is 7.52. The standard InChI is InChI=1S/C29H39N5O4/c1-19-27(20(2)34(31-19)18-26(35)36)29(38)33-16-23-14-32(15-24(23)17-33)13-12-25(21-8-4-3-5-9-21)30-28(37)22-10-6-7-11-22/h3-5,8-9,22-25H,6-7,10-18H2,1-2H3,(H,30,37)(H,35,36)/t23?,24?,25-/m0/s1. The Morgan fingerprint density at radius 3 is 2.32 bits per heavy atom. The molecule has 9 nitrogen and oxygen atoms in total. The predicted molar refractivity (Wildman–Crippen MR) is 143 cm³/mol. The molecule has 3 atom stereocenters. The van der Waals surface area contributed by atoms with Gasteiger partial charge in [0.25, 0.3) is 5.91 Å². The van der Waals surface area contributed by atoms with E-state index in [1.165, 1.54) is 4.68 Å². The van der Waals surface area contributed by atoms with Gasteiger partial charge in [0, 0.05) is 44.3 Å². The molecule has 1 aromatic carbocycles. The van der Waals surface area contributed by atoms with E-state index in [-0.39, 0.29) is 30.3 Å². The Morgan fingerprint density at radius 1 is 1.03 bits per heavy atom. The lowest BCUT2D eigenvalue weighted by molar-refractivity contribution is -0.138. The third-order valence-corrected chi connectivity index (χ3v) is 8.71. The molecule has 38 heavy (non-hydrogen) atoms. The Morgan fingerprint density at radius 2 is 1.68 bits per heavy atom. The van der Waals surface area contributed by atoms with E-state index in [4.69, 9.17) is 5.11 Å². The van der Waals surface area contributed by atoms with Crippen LogP contribution in [0.5, 0.6) is 0 Å². The van der Waals surface area contributed by atoms with Crippen molar-refractivity contribution in [3.8, 4) is 0 Å². The molecule has 204 valence electrons. The summed E-state index contributed by atoms with van der Waals surface area (Å²) >= 11 is 0. The highest BCUT2D eigenvalue weighted by molar-refractivity contribution is 5.96. The summed E-state index contributed by atoms with van der Waals surface area (Å²) in [5.74, 6) is 0.184. The van der Waals surface area contributed by atoms with Gasteiger partial charge in [-0.1, -0.05) is 43.2 Å². The van der Waals surface area contributed by atoms with Gasteiger partial charge in [0.05, 0.1) is 17.3 Å². The largest absolute Gasteiger partial charge is 0.480 e. The summed E-state index contributed by atoms with van der Waals surface area (Å²) in [4.78, 5) is 41.8. The van der Waals surface area contributed by atoms with Crippen molar-refractivity contribution in [3.05, 3.63) is 52.8 Å². The van der Waals surface area contributed by atoms with Crippen molar-refractivity contribution >= 4 is 17.8 Å². The Balaban J connectivity index is 1.17. The van der Waals surface area contributed by atoms with Crippen molar-refractivity contribution in [2.45, 2.75) is 58.5 Å². The topological polar surface area (TPSA) is 108 Å². The zero-order chi connectivity index (χ0) is 26.8. The molecular formula is C29H39N5O4. The summed E-state index contributed by atoms with van der Waals surface area (Å²) in [5.41, 5.74) is 2.88. The third-order valence-electron chi connectivity index (χ3n) is 8.71. The maximum atomic E-state index is 13.4. The number of likely N-dealkylation sites (tertiary alicyclic amines) is 2. The SMILES string of the molecule is Cc1nn(CC(=O)O)c(C)c1C(=O)N1CC2CN(CC[C@H](NC(=O)C3CCCC3)c3ccccc3)CC2C1. The molecule has 3 fully saturated rings. The van der Waals surface area contributed by atoms with E-state index in [9.17, 15) is 14.4 Å². The van der Waals surface area contributed by atoms with Gasteiger partial charge >= 0.3 is 5.97 Å². The van der Waals surface area contributed by atoms with E-state index in [1.807, 2.05) is 23.1 Å². The van der Waals surface area contributed by atoms with Gasteiger partial charge in [-0.15, -0.1) is 0 Å². The van der Waals surface area contributed by atoms with Crippen LogP contribution in [0.2, 0.25) is 0 Å². The molecule has 5 rings (SSSR count). The lowest BCUT2D eigenvalue weighted by Gasteiger charge is -2.25. The molecule has 1 aliphatic carbocycles. The molecule has 2 unspecified atom stereocenters. The van der Waals surface area contributed by atoms with Crippen molar-refractivity contribution in [3.63, 3.8) is 0 Å². The molecule has 0 radical (unpaired) electrons. The number of fused-ring (bicyclic) bond motifs is 1. The fourth-order valence-corrected chi connectivity index (χ4v) is 6.68. The van der Waals surface area contributed by atoms with Gasteiger partial charge in [-0.05, 0) is 50.5 Å². The second-order valence-corrected chi connectivity index (χ2v) is 11.3. The number of carbonyl (C=O) groups excluding carboxylic acids is 2. The highest BCUT2D eigenvalue weighted by Crippen LogP contribution is 2.33. The number of rotatable bonds is 9. The summed E-state index contributed by atoms with van der Waals surface area (Å²) < 4.78 is 1.40. The summed E-state index contributed by atoms with van der Waals surface area (Å²) in [7, 11) is 0. The van der Waals surface area contributed by atoms with Gasteiger partial charge in [0.1, 0.15) is 6.54 Å². The molecule has 0 spiro atoms. The summed E-state index contributed by atoms with van der Waals surface area (Å²) in [6, 6.07) is 10.3. The van der Waals surface area contributed by atoms with Crippen molar-refractivity contribution in [2.24, 2.45) is 17.8 Å². The monoisotopic (exact) mass is 521 g/mol. The van der Waals surface area contributed by atoms with Crippen LogP contribution in [0.25, 0.3) is 0 Å². The minimum Gasteiger partial charge on any atom is -0.480 e. The number of amides is 2. The first-order valence-electron chi connectivity index (χ1n) is 13.9. The lowest BCUT2D eigenvalue weighted by atomic mass is 10.0. The smallest absolute Gasteiger partial charge is 0.325 e. The first-order chi connectivity index (χ1) is 18.3. The van der Waals surface area contributed by atoms with Gasteiger partial charge in [-0.25, -0.2) is 0 Å². The van der Waals surface area contributed by atoms with Crippen LogP contribution in [0, 0.1) is 31.6 Å². The van der Waals surface area contributed by atoms with Crippen LogP contribution >= 0.6 is 0 Å². The highest BCUT2D eigenvalue weighted by atomic mass is 16.4. The quantitative estimate of drug-likeness (QED) is 0.525. The Kier molecular flexibility index (Phi) is 7.83. The summed E-state index contributed by atoms with van der Waals surface area (Å²) in [5, 5.41) is 16.8. The van der Waals surface area contributed by atoms with Crippen molar-refractivity contribution in [2.75, 3.05) is 32.7 Å². The number of hydrogen-bond donors (Lipinski definition) is 2. The number of carboxylic acids is 1. The fourth-order valence-electron chi connectivity index (χ4n) is 6.68. The predicted octanol–water partition coefficient (Wildman–Crippen LogP) is 3.03. The average molecular weight is 522 g/mol. The van der Waals surface area contributed by atoms with Crippen molar-refractivity contribution in [1.29, 1.82) is 0 Å². The first kappa shape index (κ1) is 26.4. The minimum atomic E-state index is -0.974. The molecule has 3 aliphatic rings. The van der Waals surface area contributed by atoms with Crippen molar-refractivity contribution in [1.82, 2.24) is 24.9 Å². The molecular weight excluding hydrogens is 482 g/mol. The number of aromatic nitrogens is 2. The molecule has 0 bridgehead atoms. The molecule has 2 saturated heterocycles. The summed E-state index contributed by atoms with van der Waals surface area (Å²) in [6.07, 6.45) is 5.16. The first-order valence-corrected chi connectivity index (χ1v) is 13.9. The van der Waals surface area contributed by atoms with E-state index in [0.29, 0.717) is 41.9 Å². The van der Waals surface area contributed by atoms with E-state index in [2.05, 4.69) is 27.4 Å². The fraction of sp³-hybridized carbons (Fsp3) is 0.586. The Labute approximate surface area is 224 Å². The van der Waals surface area contributed by atoms with Crippen LogP contribution in [-0.4, -0.2) is 75.2 Å². The molecule has 9 heteroatoms. The minimum absolute atomic E-state index is 0.0103. The molecule has 2 N–H and O–H groups in total. The normalized spacial score (nSPS) is 22.5. The average Bonchev–Trinajstić information content (AvgIpc) is 3.67. The van der Waals surface area contributed by atoms with Crippen LogP contribution in [0.4, 0.5) is 0 Å². The number of nitrogens with one attached hydrogen (secondary N) is 1. The molecule has 1 aromatic heterocycles. The van der Waals surface area contributed by atoms with Crippen LogP contribution < -0.4 is 5.32 Å². The van der Waals surface area contributed by atoms with Crippen LogP contribution in [0.15, 0.2) is 30.3 Å². The van der Waals surface area contributed by atoms with E-state index < -0.39 is 5.97 Å². The number of carboxylic acid groups (broad SMARTS) is 1.